The highest BCUT2D eigenvalue weighted by Crippen LogP contribution is 2.26. The Morgan fingerprint density at radius 2 is 1.76 bits per heavy atom. The number of nitrogens with two attached hydrogens (primary N) is 1. The monoisotopic (exact) mass is 306 g/mol. The number of rotatable bonds is 3. The summed E-state index contributed by atoms with van der Waals surface area (Å²) in [5.74, 6) is -1.95. The molecule has 21 heavy (non-hydrogen) atoms. The fraction of sp³-hybridized carbons (Fsp3) is 0. The number of carbonyl (C=O) groups excluding carboxylic acids is 1. The van der Waals surface area contributed by atoms with E-state index in [9.17, 15) is 14.7 Å². The van der Waals surface area contributed by atoms with Crippen LogP contribution >= 0.6 is 11.6 Å². The van der Waals surface area contributed by atoms with Crippen LogP contribution in [0, 0.1) is 0 Å². The predicted molar refractivity (Wildman–Crippen MR) is 78.9 cm³/mol. The lowest BCUT2D eigenvalue weighted by Gasteiger charge is -2.09. The fourth-order valence-corrected chi connectivity index (χ4v) is 1.81. The van der Waals surface area contributed by atoms with E-state index in [-0.39, 0.29) is 27.6 Å². The second-order valence-corrected chi connectivity index (χ2v) is 4.63. The lowest BCUT2D eigenvalue weighted by Crippen LogP contribution is -2.12. The molecule has 2 aromatic rings. The summed E-state index contributed by atoms with van der Waals surface area (Å²) in [6.07, 6.45) is 0. The molecular formula is C14H11ClN2O4. The second kappa shape index (κ2) is 5.72. The Balaban J connectivity index is 2.28. The first-order valence-corrected chi connectivity index (χ1v) is 6.19. The number of nitrogen functional groups attached to an aromatic ring is 1. The minimum Gasteiger partial charge on any atom is -0.506 e. The lowest BCUT2D eigenvalue weighted by atomic mass is 10.1. The van der Waals surface area contributed by atoms with E-state index < -0.39 is 11.9 Å². The number of carboxylic acid groups (broad SMARTS) is 1. The molecule has 0 saturated heterocycles. The van der Waals surface area contributed by atoms with Crippen LogP contribution in [0.5, 0.6) is 5.75 Å². The zero-order valence-electron chi connectivity index (χ0n) is 10.6. The normalized spacial score (nSPS) is 10.1. The van der Waals surface area contributed by atoms with Gasteiger partial charge in [0.15, 0.2) is 0 Å². The van der Waals surface area contributed by atoms with Crippen LogP contribution in [0.1, 0.15) is 20.7 Å². The maximum atomic E-state index is 12.0. The first kappa shape index (κ1) is 14.7. The van der Waals surface area contributed by atoms with Gasteiger partial charge in [0.25, 0.3) is 5.91 Å². The molecule has 0 atom stereocenters. The van der Waals surface area contributed by atoms with Crippen molar-refractivity contribution >= 4 is 34.9 Å². The molecule has 0 bridgehead atoms. The Hall–Kier alpha value is -2.73. The Bertz CT molecular complexity index is 731. The topological polar surface area (TPSA) is 113 Å². The number of aromatic carboxylic acids is 1. The van der Waals surface area contributed by atoms with Gasteiger partial charge in [-0.1, -0.05) is 11.6 Å². The number of halogens is 1. The summed E-state index contributed by atoms with van der Waals surface area (Å²) >= 11 is 5.83. The van der Waals surface area contributed by atoms with E-state index in [2.05, 4.69) is 5.32 Å². The van der Waals surface area contributed by atoms with Gasteiger partial charge in [-0.25, -0.2) is 4.79 Å². The first-order valence-electron chi connectivity index (χ1n) is 5.81. The largest absolute Gasteiger partial charge is 0.506 e. The highest BCUT2D eigenvalue weighted by atomic mass is 35.5. The van der Waals surface area contributed by atoms with Gasteiger partial charge in [0.1, 0.15) is 5.75 Å². The molecular weight excluding hydrogens is 296 g/mol. The molecule has 0 heterocycles. The average molecular weight is 307 g/mol. The molecule has 7 heteroatoms. The number of phenolic OH excluding ortho intramolecular Hbond substituents is 1. The number of benzene rings is 2. The number of amides is 1. The SMILES string of the molecule is Nc1ccc(C(=O)Nc2cc(C(=O)O)ccc2O)cc1Cl. The third-order valence-electron chi connectivity index (χ3n) is 2.75. The molecule has 0 aliphatic carbocycles. The molecule has 6 nitrogen and oxygen atoms in total. The van der Waals surface area contributed by atoms with E-state index in [1.807, 2.05) is 0 Å². The van der Waals surface area contributed by atoms with E-state index in [0.717, 1.165) is 6.07 Å². The average Bonchev–Trinajstić information content (AvgIpc) is 2.43. The number of aromatic hydroxyl groups is 1. The van der Waals surface area contributed by atoms with E-state index >= 15 is 0 Å². The minimum absolute atomic E-state index is 0.00662. The van der Waals surface area contributed by atoms with Gasteiger partial charge >= 0.3 is 5.97 Å². The first-order chi connectivity index (χ1) is 9.88. The Morgan fingerprint density at radius 1 is 1.10 bits per heavy atom. The van der Waals surface area contributed by atoms with Crippen molar-refractivity contribution in [2.45, 2.75) is 0 Å². The van der Waals surface area contributed by atoms with E-state index in [4.69, 9.17) is 22.4 Å². The summed E-state index contributed by atoms with van der Waals surface area (Å²) in [5, 5.41) is 21.2. The van der Waals surface area contributed by atoms with Crippen LogP contribution in [0.4, 0.5) is 11.4 Å². The van der Waals surface area contributed by atoms with Gasteiger partial charge in [0.05, 0.1) is 22.0 Å². The Kier molecular flexibility index (Phi) is 4.00. The van der Waals surface area contributed by atoms with Crippen LogP contribution in [-0.4, -0.2) is 22.1 Å². The maximum Gasteiger partial charge on any atom is 0.335 e. The maximum absolute atomic E-state index is 12.0. The standard InChI is InChI=1S/C14H11ClN2O4/c15-9-5-7(1-3-10(9)16)13(19)17-11-6-8(14(20)21)2-4-12(11)18/h1-6,18H,16H2,(H,17,19)(H,20,21). The molecule has 0 aliphatic heterocycles. The predicted octanol–water partition coefficient (Wildman–Crippen LogP) is 2.58. The molecule has 0 aromatic heterocycles. The molecule has 5 N–H and O–H groups in total. The summed E-state index contributed by atoms with van der Waals surface area (Å²) in [4.78, 5) is 22.9. The molecule has 2 rings (SSSR count). The summed E-state index contributed by atoms with van der Waals surface area (Å²) in [7, 11) is 0. The summed E-state index contributed by atoms with van der Waals surface area (Å²) in [5.41, 5.74) is 6.05. The quantitative estimate of drug-likeness (QED) is 0.514. The molecule has 0 spiro atoms. The number of phenols is 1. The van der Waals surface area contributed by atoms with E-state index in [1.54, 1.807) is 0 Å². The van der Waals surface area contributed by atoms with E-state index in [0.29, 0.717) is 5.69 Å². The second-order valence-electron chi connectivity index (χ2n) is 4.23. The zero-order valence-corrected chi connectivity index (χ0v) is 11.4. The van der Waals surface area contributed by atoms with Gasteiger partial charge < -0.3 is 21.3 Å². The van der Waals surface area contributed by atoms with Gasteiger partial charge in [0, 0.05) is 5.56 Å². The molecule has 2 aromatic carbocycles. The molecule has 0 saturated carbocycles. The third kappa shape index (κ3) is 3.24. The highest BCUT2D eigenvalue weighted by Gasteiger charge is 2.13. The number of carbonyl (C=O) groups is 2. The summed E-state index contributed by atoms with van der Waals surface area (Å²) < 4.78 is 0. The van der Waals surface area contributed by atoms with Crippen LogP contribution in [0.25, 0.3) is 0 Å². The van der Waals surface area contributed by atoms with Crippen molar-refractivity contribution in [3.05, 3.63) is 52.5 Å². The Morgan fingerprint density at radius 3 is 2.38 bits per heavy atom. The lowest BCUT2D eigenvalue weighted by molar-refractivity contribution is 0.0696. The molecule has 0 aliphatic rings. The van der Waals surface area contributed by atoms with Crippen LogP contribution < -0.4 is 11.1 Å². The van der Waals surface area contributed by atoms with Crippen LogP contribution in [0.15, 0.2) is 36.4 Å². The van der Waals surface area contributed by atoms with Crippen LogP contribution in [0.3, 0.4) is 0 Å². The zero-order chi connectivity index (χ0) is 15.6. The number of nitrogens with one attached hydrogen (secondary N) is 1. The number of hydrogen-bond donors (Lipinski definition) is 4. The summed E-state index contributed by atoms with van der Waals surface area (Å²) in [6.45, 7) is 0. The minimum atomic E-state index is -1.17. The molecule has 0 radical (unpaired) electrons. The number of anilines is 2. The summed E-state index contributed by atoms with van der Waals surface area (Å²) in [6, 6.07) is 7.90. The van der Waals surface area contributed by atoms with Crippen LogP contribution in [0.2, 0.25) is 5.02 Å². The van der Waals surface area contributed by atoms with Crippen molar-refractivity contribution in [1.29, 1.82) is 0 Å². The van der Waals surface area contributed by atoms with Gasteiger partial charge in [-0.2, -0.15) is 0 Å². The van der Waals surface area contributed by atoms with Gasteiger partial charge in [-0.15, -0.1) is 0 Å². The number of hydrogen-bond acceptors (Lipinski definition) is 4. The molecule has 1 amide bonds. The van der Waals surface area contributed by atoms with Crippen molar-refractivity contribution in [2.24, 2.45) is 0 Å². The molecule has 0 unspecified atom stereocenters. The smallest absolute Gasteiger partial charge is 0.335 e. The number of carboxylic acids is 1. The van der Waals surface area contributed by atoms with Crippen molar-refractivity contribution in [2.75, 3.05) is 11.1 Å². The van der Waals surface area contributed by atoms with Gasteiger partial charge in [-0.3, -0.25) is 4.79 Å². The fourth-order valence-electron chi connectivity index (χ4n) is 1.63. The Labute approximate surface area is 124 Å². The van der Waals surface area contributed by atoms with Crippen molar-refractivity contribution in [1.82, 2.24) is 0 Å². The van der Waals surface area contributed by atoms with Crippen molar-refractivity contribution in [3.8, 4) is 5.75 Å². The van der Waals surface area contributed by atoms with Gasteiger partial charge in [-0.05, 0) is 36.4 Å². The highest BCUT2D eigenvalue weighted by molar-refractivity contribution is 6.33. The molecule has 0 fully saturated rings. The van der Waals surface area contributed by atoms with Crippen LogP contribution in [-0.2, 0) is 0 Å². The van der Waals surface area contributed by atoms with Crippen molar-refractivity contribution in [3.63, 3.8) is 0 Å². The molecule has 108 valence electrons. The van der Waals surface area contributed by atoms with Gasteiger partial charge in [0.2, 0.25) is 0 Å². The van der Waals surface area contributed by atoms with E-state index in [1.165, 1.54) is 30.3 Å². The third-order valence-corrected chi connectivity index (χ3v) is 3.08. The van der Waals surface area contributed by atoms with Crippen molar-refractivity contribution < 1.29 is 19.8 Å².